The first-order valence-electron chi connectivity index (χ1n) is 7.46. The first kappa shape index (κ1) is 14.5. The number of aliphatic hydroxyl groups is 1. The summed E-state index contributed by atoms with van der Waals surface area (Å²) in [6.45, 7) is 6.11. The van der Waals surface area contributed by atoms with Gasteiger partial charge in [0.2, 0.25) is 0 Å². The molecule has 2 N–H and O–H groups in total. The van der Waals surface area contributed by atoms with Crippen molar-refractivity contribution in [3.8, 4) is 0 Å². The molecule has 1 aromatic rings. The van der Waals surface area contributed by atoms with Crippen molar-refractivity contribution in [3.63, 3.8) is 0 Å². The van der Waals surface area contributed by atoms with E-state index in [-0.39, 0.29) is 12.1 Å². The number of hydrogen-bond donors (Lipinski definition) is 2. The second kappa shape index (κ2) is 7.01. The summed E-state index contributed by atoms with van der Waals surface area (Å²) in [7, 11) is 0. The molecule has 5 heteroatoms. The summed E-state index contributed by atoms with van der Waals surface area (Å²) in [6.07, 6.45) is 7.09. The molecule has 1 aromatic heterocycles. The third-order valence-electron chi connectivity index (χ3n) is 3.70. The molecule has 2 unspecified atom stereocenters. The highest BCUT2D eigenvalue weighted by Crippen LogP contribution is 2.26. The summed E-state index contributed by atoms with van der Waals surface area (Å²) in [5.74, 6) is 0.638. The molecule has 1 aliphatic carbocycles. The van der Waals surface area contributed by atoms with Gasteiger partial charge in [0.15, 0.2) is 0 Å². The molecule has 19 heavy (non-hydrogen) atoms. The molecule has 0 amide bonds. The van der Waals surface area contributed by atoms with Crippen molar-refractivity contribution >= 4 is 0 Å². The molecule has 5 nitrogen and oxygen atoms in total. The minimum Gasteiger partial charge on any atom is -0.391 e. The van der Waals surface area contributed by atoms with E-state index in [9.17, 15) is 5.11 Å². The zero-order valence-electron chi connectivity index (χ0n) is 12.0. The molecule has 1 aliphatic rings. The largest absolute Gasteiger partial charge is 0.391 e. The predicted molar refractivity (Wildman–Crippen MR) is 74.7 cm³/mol. The second-order valence-electron chi connectivity index (χ2n) is 5.99. The second-order valence-corrected chi connectivity index (χ2v) is 5.99. The van der Waals surface area contributed by atoms with Crippen molar-refractivity contribution in [2.24, 2.45) is 5.92 Å². The zero-order valence-corrected chi connectivity index (χ0v) is 12.0. The highest BCUT2D eigenvalue weighted by atomic mass is 16.3. The summed E-state index contributed by atoms with van der Waals surface area (Å²) in [5.41, 5.74) is 0.956. The fourth-order valence-corrected chi connectivity index (χ4v) is 2.62. The minimum atomic E-state index is -0.277. The quantitative estimate of drug-likeness (QED) is 0.799. The molecule has 2 atom stereocenters. The lowest BCUT2D eigenvalue weighted by Crippen LogP contribution is -2.23. The van der Waals surface area contributed by atoms with Gasteiger partial charge in [0.1, 0.15) is 0 Å². The molecule has 1 saturated carbocycles. The Hall–Kier alpha value is -0.940. The Bertz CT molecular complexity index is 377. The molecule has 1 heterocycles. The van der Waals surface area contributed by atoms with Crippen LogP contribution in [0.25, 0.3) is 0 Å². The Morgan fingerprint density at radius 1 is 1.37 bits per heavy atom. The predicted octanol–water partition coefficient (Wildman–Crippen LogP) is 1.89. The number of nitrogens with zero attached hydrogens (tertiary/aromatic N) is 3. The molecular weight excluding hydrogens is 240 g/mol. The van der Waals surface area contributed by atoms with E-state index >= 15 is 0 Å². The minimum absolute atomic E-state index is 0.105. The van der Waals surface area contributed by atoms with E-state index in [1.54, 1.807) is 0 Å². The van der Waals surface area contributed by atoms with Gasteiger partial charge in [-0.1, -0.05) is 38.3 Å². The maximum Gasteiger partial charge on any atom is 0.0964 e. The van der Waals surface area contributed by atoms with E-state index in [1.165, 1.54) is 12.8 Å². The molecule has 0 aromatic carbocycles. The highest BCUT2D eigenvalue weighted by Gasteiger charge is 2.24. The van der Waals surface area contributed by atoms with Crippen molar-refractivity contribution < 1.29 is 5.11 Å². The van der Waals surface area contributed by atoms with Crippen molar-refractivity contribution in [1.82, 2.24) is 20.3 Å². The van der Waals surface area contributed by atoms with Crippen LogP contribution in [0.3, 0.4) is 0 Å². The number of hydrogen-bond acceptors (Lipinski definition) is 4. The van der Waals surface area contributed by atoms with Gasteiger partial charge >= 0.3 is 0 Å². The maximum atomic E-state index is 10.2. The summed E-state index contributed by atoms with van der Waals surface area (Å²) in [6, 6.07) is 0.105. The summed E-state index contributed by atoms with van der Waals surface area (Å²) in [4.78, 5) is 0. The first-order valence-corrected chi connectivity index (χ1v) is 7.46. The SMILES string of the molecule is CC(C)CNCc1cn(C2CCCCCC2O)nn1. The van der Waals surface area contributed by atoms with Crippen LogP contribution in [0.4, 0.5) is 0 Å². The van der Waals surface area contributed by atoms with Gasteiger partial charge in [0, 0.05) is 6.54 Å². The lowest BCUT2D eigenvalue weighted by atomic mass is 10.1. The zero-order chi connectivity index (χ0) is 13.7. The van der Waals surface area contributed by atoms with Gasteiger partial charge in [-0.2, -0.15) is 0 Å². The molecule has 0 bridgehead atoms. The van der Waals surface area contributed by atoms with Gasteiger partial charge in [-0.25, -0.2) is 4.68 Å². The summed E-state index contributed by atoms with van der Waals surface area (Å²) in [5, 5.41) is 21.9. The van der Waals surface area contributed by atoms with Gasteiger partial charge < -0.3 is 10.4 Å². The van der Waals surface area contributed by atoms with E-state index in [0.29, 0.717) is 5.92 Å². The third kappa shape index (κ3) is 4.28. The highest BCUT2D eigenvalue weighted by molar-refractivity contribution is 4.94. The van der Waals surface area contributed by atoms with Crippen LogP contribution in [0.2, 0.25) is 0 Å². The summed E-state index contributed by atoms with van der Waals surface area (Å²) >= 11 is 0. The Morgan fingerprint density at radius 2 is 2.16 bits per heavy atom. The van der Waals surface area contributed by atoms with Gasteiger partial charge in [0.25, 0.3) is 0 Å². The molecule has 0 aliphatic heterocycles. The lowest BCUT2D eigenvalue weighted by molar-refractivity contribution is 0.0980. The monoisotopic (exact) mass is 266 g/mol. The Balaban J connectivity index is 1.91. The Morgan fingerprint density at radius 3 is 2.95 bits per heavy atom. The lowest BCUT2D eigenvalue weighted by Gasteiger charge is -2.19. The third-order valence-corrected chi connectivity index (χ3v) is 3.70. The van der Waals surface area contributed by atoms with E-state index < -0.39 is 0 Å². The van der Waals surface area contributed by atoms with Crippen molar-refractivity contribution in [3.05, 3.63) is 11.9 Å². The normalized spacial score (nSPS) is 24.6. The molecule has 0 radical (unpaired) electrons. The van der Waals surface area contributed by atoms with Crippen LogP contribution in [0.1, 0.15) is 57.7 Å². The average Bonchev–Trinajstić information content (AvgIpc) is 2.71. The van der Waals surface area contributed by atoms with Crippen LogP contribution in [0.5, 0.6) is 0 Å². The van der Waals surface area contributed by atoms with Crippen molar-refractivity contribution in [1.29, 1.82) is 0 Å². The number of aromatic nitrogens is 3. The van der Waals surface area contributed by atoms with E-state index in [4.69, 9.17) is 0 Å². The standard InChI is InChI=1S/C14H26N4O/c1-11(2)8-15-9-12-10-18(17-16-12)13-6-4-3-5-7-14(13)19/h10-11,13-15,19H,3-9H2,1-2H3. The summed E-state index contributed by atoms with van der Waals surface area (Å²) < 4.78 is 1.86. The number of aliphatic hydroxyl groups excluding tert-OH is 1. The number of rotatable bonds is 5. The van der Waals surface area contributed by atoms with Crippen molar-refractivity contribution in [2.45, 2.75) is 64.6 Å². The average molecular weight is 266 g/mol. The van der Waals surface area contributed by atoms with E-state index in [2.05, 4.69) is 29.5 Å². The molecular formula is C14H26N4O. The molecule has 1 fully saturated rings. The first-order chi connectivity index (χ1) is 9.16. The topological polar surface area (TPSA) is 63.0 Å². The molecule has 0 spiro atoms. The van der Waals surface area contributed by atoms with Gasteiger partial charge in [-0.15, -0.1) is 5.10 Å². The number of nitrogens with one attached hydrogen (secondary N) is 1. The Kier molecular flexibility index (Phi) is 5.34. The van der Waals surface area contributed by atoms with Gasteiger partial charge in [-0.05, 0) is 25.3 Å². The van der Waals surface area contributed by atoms with Crippen LogP contribution in [-0.2, 0) is 6.54 Å². The van der Waals surface area contributed by atoms with Gasteiger partial charge in [0.05, 0.1) is 24.0 Å². The van der Waals surface area contributed by atoms with E-state index in [0.717, 1.165) is 38.0 Å². The van der Waals surface area contributed by atoms with Crippen molar-refractivity contribution in [2.75, 3.05) is 6.54 Å². The van der Waals surface area contributed by atoms with Crippen LogP contribution in [0.15, 0.2) is 6.20 Å². The molecule has 2 rings (SSSR count). The van der Waals surface area contributed by atoms with Crippen LogP contribution < -0.4 is 5.32 Å². The fourth-order valence-electron chi connectivity index (χ4n) is 2.62. The van der Waals surface area contributed by atoms with E-state index in [1.807, 2.05) is 10.9 Å². The van der Waals surface area contributed by atoms with Crippen LogP contribution >= 0.6 is 0 Å². The van der Waals surface area contributed by atoms with Crippen LogP contribution in [0, 0.1) is 5.92 Å². The molecule has 108 valence electrons. The fraction of sp³-hybridized carbons (Fsp3) is 0.857. The smallest absolute Gasteiger partial charge is 0.0964 e. The van der Waals surface area contributed by atoms with Gasteiger partial charge in [-0.3, -0.25) is 0 Å². The Labute approximate surface area is 115 Å². The van der Waals surface area contributed by atoms with Crippen LogP contribution in [-0.4, -0.2) is 32.7 Å². The molecule has 0 saturated heterocycles. The maximum absolute atomic E-state index is 10.2.